The Morgan fingerprint density at radius 1 is 1.19 bits per heavy atom. The minimum absolute atomic E-state index is 0.0931. The van der Waals surface area contributed by atoms with Crippen molar-refractivity contribution in [2.24, 2.45) is 0 Å². The first kappa shape index (κ1) is 14.0. The van der Waals surface area contributed by atoms with Gasteiger partial charge in [-0.25, -0.2) is 0 Å². The maximum atomic E-state index is 5.68. The van der Waals surface area contributed by atoms with E-state index in [2.05, 4.69) is 36.1 Å². The molecule has 2 heterocycles. The van der Waals surface area contributed by atoms with Gasteiger partial charge < -0.3 is 4.74 Å². The van der Waals surface area contributed by atoms with E-state index in [-0.39, 0.29) is 5.41 Å². The molecule has 0 radical (unpaired) electrons. The molecule has 6 heteroatoms. The van der Waals surface area contributed by atoms with Crippen molar-refractivity contribution in [2.75, 3.05) is 6.61 Å². The van der Waals surface area contributed by atoms with Gasteiger partial charge in [-0.2, -0.15) is 9.61 Å². The van der Waals surface area contributed by atoms with Crippen LogP contribution in [0.15, 0.2) is 24.3 Å². The van der Waals surface area contributed by atoms with Crippen LogP contribution in [0.4, 0.5) is 0 Å². The zero-order chi connectivity index (χ0) is 15.0. The molecule has 0 atom stereocenters. The third kappa shape index (κ3) is 2.51. The topological polar surface area (TPSA) is 52.3 Å². The molecule has 0 N–H and O–H groups in total. The van der Waals surface area contributed by atoms with Crippen LogP contribution in [0.2, 0.25) is 0 Å². The minimum Gasteiger partial charge on any atom is -0.493 e. The van der Waals surface area contributed by atoms with E-state index in [0.29, 0.717) is 6.61 Å². The highest BCUT2D eigenvalue weighted by Crippen LogP contribution is 2.34. The Balaban J connectivity index is 2.12. The quantitative estimate of drug-likeness (QED) is 0.742. The van der Waals surface area contributed by atoms with Gasteiger partial charge >= 0.3 is 0 Å². The molecular weight excluding hydrogens is 284 g/mol. The monoisotopic (exact) mass is 302 g/mol. The van der Waals surface area contributed by atoms with E-state index < -0.39 is 0 Å². The van der Waals surface area contributed by atoms with Crippen molar-refractivity contribution >= 4 is 16.3 Å². The summed E-state index contributed by atoms with van der Waals surface area (Å²) in [7, 11) is 0. The van der Waals surface area contributed by atoms with Gasteiger partial charge in [-0.05, 0) is 19.1 Å². The maximum Gasteiger partial charge on any atom is 0.235 e. The van der Waals surface area contributed by atoms with Crippen molar-refractivity contribution < 1.29 is 4.74 Å². The van der Waals surface area contributed by atoms with Crippen LogP contribution in [0.3, 0.4) is 0 Å². The van der Waals surface area contributed by atoms with Crippen molar-refractivity contribution in [2.45, 2.75) is 33.1 Å². The van der Waals surface area contributed by atoms with Crippen LogP contribution < -0.4 is 4.74 Å². The maximum absolute atomic E-state index is 5.68. The van der Waals surface area contributed by atoms with Crippen molar-refractivity contribution in [3.8, 4) is 16.3 Å². The first-order chi connectivity index (χ1) is 10.0. The van der Waals surface area contributed by atoms with E-state index >= 15 is 0 Å². The van der Waals surface area contributed by atoms with Crippen LogP contribution in [-0.2, 0) is 5.41 Å². The summed E-state index contributed by atoms with van der Waals surface area (Å²) in [6, 6.07) is 7.94. The zero-order valence-electron chi connectivity index (χ0n) is 12.6. The fraction of sp³-hybridized carbons (Fsp3) is 0.400. The van der Waals surface area contributed by atoms with E-state index in [0.717, 1.165) is 27.1 Å². The van der Waals surface area contributed by atoms with Gasteiger partial charge in [0.25, 0.3) is 0 Å². The van der Waals surface area contributed by atoms with Gasteiger partial charge in [0.2, 0.25) is 4.96 Å². The third-order valence-corrected chi connectivity index (χ3v) is 4.01. The smallest absolute Gasteiger partial charge is 0.235 e. The van der Waals surface area contributed by atoms with Crippen LogP contribution in [0, 0.1) is 0 Å². The van der Waals surface area contributed by atoms with E-state index in [1.54, 1.807) is 0 Å². The Kier molecular flexibility index (Phi) is 3.41. The average molecular weight is 302 g/mol. The second kappa shape index (κ2) is 5.11. The van der Waals surface area contributed by atoms with E-state index in [9.17, 15) is 0 Å². The van der Waals surface area contributed by atoms with Gasteiger partial charge in [0.05, 0.1) is 12.2 Å². The zero-order valence-corrected chi connectivity index (χ0v) is 13.4. The molecule has 0 unspecified atom stereocenters. The van der Waals surface area contributed by atoms with Gasteiger partial charge in [-0.1, -0.05) is 44.2 Å². The summed E-state index contributed by atoms with van der Waals surface area (Å²) in [5.74, 6) is 1.72. The molecule has 110 valence electrons. The Bertz CT molecular complexity index is 769. The summed E-state index contributed by atoms with van der Waals surface area (Å²) < 4.78 is 7.52. The Morgan fingerprint density at radius 3 is 2.67 bits per heavy atom. The predicted octanol–water partition coefficient (Wildman–Crippen LogP) is 3.55. The lowest BCUT2D eigenvalue weighted by Gasteiger charge is -2.13. The molecule has 0 amide bonds. The lowest BCUT2D eigenvalue weighted by Crippen LogP contribution is -2.16. The number of rotatable bonds is 3. The molecular formula is C15H18N4OS. The second-order valence-corrected chi connectivity index (χ2v) is 6.76. The molecule has 1 aromatic carbocycles. The van der Waals surface area contributed by atoms with Gasteiger partial charge in [0.1, 0.15) is 5.75 Å². The van der Waals surface area contributed by atoms with Gasteiger partial charge in [-0.3, -0.25) is 0 Å². The molecule has 0 bridgehead atoms. The number of ether oxygens (including phenoxy) is 1. The summed E-state index contributed by atoms with van der Waals surface area (Å²) in [5, 5.41) is 14.1. The molecule has 0 spiro atoms. The second-order valence-electron chi connectivity index (χ2n) is 5.80. The molecule has 3 aromatic rings. The summed E-state index contributed by atoms with van der Waals surface area (Å²) >= 11 is 1.53. The average Bonchev–Trinajstić information content (AvgIpc) is 2.98. The van der Waals surface area contributed by atoms with E-state index in [4.69, 9.17) is 4.74 Å². The number of benzene rings is 1. The SMILES string of the molecule is CCOc1ccccc1-c1nn2c(C(C)(C)C)nnc2s1. The van der Waals surface area contributed by atoms with Crippen LogP contribution in [0.5, 0.6) is 5.75 Å². The molecule has 21 heavy (non-hydrogen) atoms. The lowest BCUT2D eigenvalue weighted by molar-refractivity contribution is 0.341. The molecule has 0 aliphatic rings. The van der Waals surface area contributed by atoms with Crippen molar-refractivity contribution in [3.63, 3.8) is 0 Å². The van der Waals surface area contributed by atoms with Crippen LogP contribution in [-0.4, -0.2) is 26.4 Å². The van der Waals surface area contributed by atoms with Gasteiger partial charge in [0.15, 0.2) is 10.8 Å². The highest BCUT2D eigenvalue weighted by atomic mass is 32.1. The number of fused-ring (bicyclic) bond motifs is 1. The number of aromatic nitrogens is 4. The fourth-order valence-electron chi connectivity index (χ4n) is 2.12. The first-order valence-corrected chi connectivity index (χ1v) is 7.77. The van der Waals surface area contributed by atoms with Crippen molar-refractivity contribution in [1.29, 1.82) is 0 Å². The Hall–Kier alpha value is -1.95. The highest BCUT2D eigenvalue weighted by molar-refractivity contribution is 7.19. The molecule has 3 rings (SSSR count). The number of hydrogen-bond acceptors (Lipinski definition) is 5. The standard InChI is InChI=1S/C15H18N4OS/c1-5-20-11-9-7-6-8-10(11)12-18-19-13(15(2,3)4)16-17-14(19)21-12/h6-9H,5H2,1-4H3. The summed E-state index contributed by atoms with van der Waals surface area (Å²) in [5.41, 5.74) is 0.902. The lowest BCUT2D eigenvalue weighted by atomic mass is 9.96. The van der Waals surface area contributed by atoms with Crippen LogP contribution in [0.1, 0.15) is 33.5 Å². The summed E-state index contributed by atoms with van der Waals surface area (Å²) in [6.07, 6.45) is 0. The minimum atomic E-state index is -0.0931. The number of para-hydroxylation sites is 1. The first-order valence-electron chi connectivity index (χ1n) is 6.95. The predicted molar refractivity (Wildman–Crippen MR) is 84.0 cm³/mol. The molecule has 2 aromatic heterocycles. The van der Waals surface area contributed by atoms with Crippen molar-refractivity contribution in [3.05, 3.63) is 30.1 Å². The Labute approximate surface area is 127 Å². The van der Waals surface area contributed by atoms with Gasteiger partial charge in [-0.15, -0.1) is 10.2 Å². The van der Waals surface area contributed by atoms with Crippen LogP contribution >= 0.6 is 11.3 Å². The number of nitrogens with zero attached hydrogens (tertiary/aromatic N) is 4. The molecule has 0 fully saturated rings. The van der Waals surface area contributed by atoms with Crippen LogP contribution in [0.25, 0.3) is 15.5 Å². The molecule has 5 nitrogen and oxygen atoms in total. The number of hydrogen-bond donors (Lipinski definition) is 0. The molecule has 0 saturated heterocycles. The normalized spacial score (nSPS) is 12.0. The summed E-state index contributed by atoms with van der Waals surface area (Å²) in [6.45, 7) is 8.94. The van der Waals surface area contributed by atoms with Crippen molar-refractivity contribution in [1.82, 2.24) is 19.8 Å². The fourth-order valence-corrected chi connectivity index (χ4v) is 2.99. The molecule has 0 saturated carbocycles. The molecule has 0 aliphatic carbocycles. The largest absolute Gasteiger partial charge is 0.493 e. The van der Waals surface area contributed by atoms with E-state index in [1.165, 1.54) is 11.3 Å². The Morgan fingerprint density at radius 2 is 1.95 bits per heavy atom. The molecule has 0 aliphatic heterocycles. The van der Waals surface area contributed by atoms with Gasteiger partial charge in [0, 0.05) is 5.41 Å². The highest BCUT2D eigenvalue weighted by Gasteiger charge is 2.24. The third-order valence-electron chi connectivity index (χ3n) is 3.08. The van der Waals surface area contributed by atoms with E-state index in [1.807, 2.05) is 35.7 Å². The summed E-state index contributed by atoms with van der Waals surface area (Å²) in [4.78, 5) is 0.807.